The molecule has 0 aliphatic carbocycles. The lowest BCUT2D eigenvalue weighted by Crippen LogP contribution is -2.37. The molecule has 1 fully saturated rings. The standard InChI is InChI=1S/C26H28ClN3O6S2/c1-18-13-15-30(16-14-18)38(34,35)23-11-12-25(36-2)24(17-23)26(31)28-20-7-9-22(10-8-20)37(32,33)29-21-5-3-19(27)4-6-21/h3-12,17-18,29H,13-16H2,1-2H3,(H,28,31). The zero-order valence-corrected chi connectivity index (χ0v) is 23.2. The van der Waals surface area contributed by atoms with Gasteiger partial charge in [0.25, 0.3) is 15.9 Å². The van der Waals surface area contributed by atoms with Gasteiger partial charge < -0.3 is 10.1 Å². The lowest BCUT2D eigenvalue weighted by Gasteiger charge is -2.29. The van der Waals surface area contributed by atoms with Crippen LogP contribution in [0.1, 0.15) is 30.1 Å². The maximum absolute atomic E-state index is 13.2. The Morgan fingerprint density at radius 2 is 1.47 bits per heavy atom. The molecule has 0 saturated carbocycles. The van der Waals surface area contributed by atoms with Crippen LogP contribution in [-0.2, 0) is 20.0 Å². The first kappa shape index (κ1) is 27.9. The van der Waals surface area contributed by atoms with Crippen LogP contribution >= 0.6 is 11.6 Å². The highest BCUT2D eigenvalue weighted by atomic mass is 35.5. The van der Waals surface area contributed by atoms with E-state index in [1.165, 1.54) is 53.9 Å². The molecule has 3 aromatic carbocycles. The number of rotatable bonds is 8. The number of amides is 1. The Morgan fingerprint density at radius 1 is 0.895 bits per heavy atom. The Bertz CT molecular complexity index is 1520. The summed E-state index contributed by atoms with van der Waals surface area (Å²) in [4.78, 5) is 13.1. The molecular formula is C26H28ClN3O6S2. The van der Waals surface area contributed by atoms with Crippen LogP contribution in [0.25, 0.3) is 0 Å². The van der Waals surface area contributed by atoms with Crippen LogP contribution in [0.4, 0.5) is 11.4 Å². The van der Waals surface area contributed by atoms with Crippen molar-refractivity contribution in [2.24, 2.45) is 5.92 Å². The average Bonchev–Trinajstić information content (AvgIpc) is 2.90. The van der Waals surface area contributed by atoms with E-state index in [1.54, 1.807) is 24.3 Å². The van der Waals surface area contributed by atoms with Gasteiger partial charge in [0.15, 0.2) is 0 Å². The molecule has 9 nitrogen and oxygen atoms in total. The first-order valence-electron chi connectivity index (χ1n) is 11.9. The van der Waals surface area contributed by atoms with E-state index in [-0.39, 0.29) is 21.1 Å². The normalized spacial score (nSPS) is 15.1. The van der Waals surface area contributed by atoms with Gasteiger partial charge in [0.05, 0.1) is 22.5 Å². The molecule has 0 unspecified atom stereocenters. The molecular weight excluding hydrogens is 550 g/mol. The molecule has 0 atom stereocenters. The first-order valence-corrected chi connectivity index (χ1v) is 15.2. The van der Waals surface area contributed by atoms with Gasteiger partial charge in [0.1, 0.15) is 5.75 Å². The topological polar surface area (TPSA) is 122 Å². The van der Waals surface area contributed by atoms with Crippen LogP contribution in [0.2, 0.25) is 5.02 Å². The molecule has 1 aliphatic heterocycles. The zero-order valence-electron chi connectivity index (χ0n) is 20.8. The second-order valence-electron chi connectivity index (χ2n) is 9.04. The van der Waals surface area contributed by atoms with E-state index >= 15 is 0 Å². The number of piperidine rings is 1. The number of anilines is 2. The molecule has 1 heterocycles. The molecule has 4 rings (SSSR count). The summed E-state index contributed by atoms with van der Waals surface area (Å²) >= 11 is 5.84. The number of carbonyl (C=O) groups excluding carboxylic acids is 1. The number of methoxy groups -OCH3 is 1. The Labute approximate surface area is 227 Å². The van der Waals surface area contributed by atoms with Crippen molar-refractivity contribution in [3.05, 3.63) is 77.3 Å². The number of ether oxygens (including phenoxy) is 1. The minimum absolute atomic E-state index is 0.00715. The summed E-state index contributed by atoms with van der Waals surface area (Å²) < 4.78 is 61.0. The van der Waals surface area contributed by atoms with E-state index in [0.717, 1.165) is 12.8 Å². The van der Waals surface area contributed by atoms with Gasteiger partial charge >= 0.3 is 0 Å². The number of benzene rings is 3. The van der Waals surface area contributed by atoms with Crippen molar-refractivity contribution in [1.29, 1.82) is 0 Å². The van der Waals surface area contributed by atoms with Gasteiger partial charge in [-0.1, -0.05) is 18.5 Å². The highest BCUT2D eigenvalue weighted by Gasteiger charge is 2.29. The lowest BCUT2D eigenvalue weighted by molar-refractivity contribution is 0.102. The molecule has 1 aliphatic rings. The smallest absolute Gasteiger partial charge is 0.261 e. The second-order valence-corrected chi connectivity index (χ2v) is 13.1. The lowest BCUT2D eigenvalue weighted by atomic mass is 10.0. The van der Waals surface area contributed by atoms with E-state index in [2.05, 4.69) is 17.0 Å². The second kappa shape index (κ2) is 11.3. The summed E-state index contributed by atoms with van der Waals surface area (Å²) in [5.41, 5.74) is 0.716. The van der Waals surface area contributed by atoms with E-state index in [1.807, 2.05) is 0 Å². The molecule has 0 spiro atoms. The average molecular weight is 578 g/mol. The molecule has 2 N–H and O–H groups in total. The van der Waals surface area contributed by atoms with Crippen LogP contribution in [0.5, 0.6) is 5.75 Å². The van der Waals surface area contributed by atoms with Gasteiger partial charge in [-0.05, 0) is 85.5 Å². The van der Waals surface area contributed by atoms with Crippen LogP contribution in [-0.4, -0.2) is 47.2 Å². The molecule has 0 aromatic heterocycles. The number of halogens is 1. The fraction of sp³-hybridized carbons (Fsp3) is 0.269. The number of sulfonamides is 2. The highest BCUT2D eigenvalue weighted by Crippen LogP contribution is 2.28. The Kier molecular flexibility index (Phi) is 8.31. The van der Waals surface area contributed by atoms with E-state index in [4.69, 9.17) is 16.3 Å². The summed E-state index contributed by atoms with van der Waals surface area (Å²) in [7, 11) is -6.25. The van der Waals surface area contributed by atoms with Crippen molar-refractivity contribution in [3.8, 4) is 5.75 Å². The molecule has 38 heavy (non-hydrogen) atoms. The maximum atomic E-state index is 13.2. The molecule has 12 heteroatoms. The number of hydrogen-bond acceptors (Lipinski definition) is 6. The summed E-state index contributed by atoms with van der Waals surface area (Å²) in [5.74, 6) is 0.0781. The third-order valence-corrected chi connectivity index (χ3v) is 9.86. The van der Waals surface area contributed by atoms with Crippen LogP contribution < -0.4 is 14.8 Å². The fourth-order valence-corrected chi connectivity index (χ4v) is 6.73. The summed E-state index contributed by atoms with van der Waals surface area (Å²) in [6, 6.07) is 16.0. The predicted octanol–water partition coefficient (Wildman–Crippen LogP) is 4.82. The largest absolute Gasteiger partial charge is 0.496 e. The number of carbonyl (C=O) groups is 1. The summed E-state index contributed by atoms with van der Waals surface area (Å²) in [5, 5.41) is 3.15. The molecule has 0 bridgehead atoms. The number of nitrogens with zero attached hydrogens (tertiary/aromatic N) is 1. The fourth-order valence-electron chi connectivity index (χ4n) is 4.05. The summed E-state index contributed by atoms with van der Waals surface area (Å²) in [6.45, 7) is 2.95. The van der Waals surface area contributed by atoms with E-state index in [0.29, 0.717) is 35.4 Å². The zero-order chi connectivity index (χ0) is 27.5. The minimum atomic E-state index is -3.87. The SMILES string of the molecule is COc1ccc(S(=O)(=O)N2CCC(C)CC2)cc1C(=O)Nc1ccc(S(=O)(=O)Nc2ccc(Cl)cc2)cc1. The Hall–Kier alpha value is -3.12. The van der Waals surface area contributed by atoms with Gasteiger partial charge in [0, 0.05) is 29.5 Å². The van der Waals surface area contributed by atoms with Crippen molar-refractivity contribution in [3.63, 3.8) is 0 Å². The van der Waals surface area contributed by atoms with Crippen LogP contribution in [0.15, 0.2) is 76.5 Å². The molecule has 1 amide bonds. The maximum Gasteiger partial charge on any atom is 0.261 e. The molecule has 202 valence electrons. The van der Waals surface area contributed by atoms with Gasteiger partial charge in [-0.2, -0.15) is 4.31 Å². The molecule has 3 aromatic rings. The minimum Gasteiger partial charge on any atom is -0.496 e. The number of nitrogens with one attached hydrogen (secondary N) is 2. The van der Waals surface area contributed by atoms with Crippen molar-refractivity contribution < 1.29 is 26.4 Å². The quantitative estimate of drug-likeness (QED) is 0.396. The first-order chi connectivity index (χ1) is 18.0. The van der Waals surface area contributed by atoms with E-state index in [9.17, 15) is 21.6 Å². The van der Waals surface area contributed by atoms with Gasteiger partial charge in [0.2, 0.25) is 10.0 Å². The van der Waals surface area contributed by atoms with Crippen LogP contribution in [0, 0.1) is 5.92 Å². The van der Waals surface area contributed by atoms with Crippen molar-refractivity contribution in [2.75, 3.05) is 30.2 Å². The Balaban J connectivity index is 1.51. The summed E-state index contributed by atoms with van der Waals surface area (Å²) in [6.07, 6.45) is 1.56. The van der Waals surface area contributed by atoms with Crippen molar-refractivity contribution in [1.82, 2.24) is 4.31 Å². The predicted molar refractivity (Wildman–Crippen MR) is 147 cm³/mol. The van der Waals surface area contributed by atoms with Gasteiger partial charge in [-0.3, -0.25) is 9.52 Å². The Morgan fingerprint density at radius 3 is 2.08 bits per heavy atom. The third kappa shape index (κ3) is 6.29. The third-order valence-electron chi connectivity index (χ3n) is 6.31. The molecule has 1 saturated heterocycles. The van der Waals surface area contributed by atoms with Gasteiger partial charge in [-0.25, -0.2) is 16.8 Å². The number of hydrogen-bond donors (Lipinski definition) is 2. The van der Waals surface area contributed by atoms with E-state index < -0.39 is 26.0 Å². The van der Waals surface area contributed by atoms with Gasteiger partial charge in [-0.15, -0.1) is 0 Å². The van der Waals surface area contributed by atoms with Crippen molar-refractivity contribution >= 4 is 48.9 Å². The monoisotopic (exact) mass is 577 g/mol. The highest BCUT2D eigenvalue weighted by molar-refractivity contribution is 7.92. The van der Waals surface area contributed by atoms with Crippen molar-refractivity contribution in [2.45, 2.75) is 29.6 Å². The van der Waals surface area contributed by atoms with Crippen LogP contribution in [0.3, 0.4) is 0 Å². The molecule has 0 radical (unpaired) electrons.